The van der Waals surface area contributed by atoms with E-state index in [0.29, 0.717) is 0 Å². The summed E-state index contributed by atoms with van der Waals surface area (Å²) in [5.41, 5.74) is 0. The molecule has 0 bridgehead atoms. The summed E-state index contributed by atoms with van der Waals surface area (Å²) in [6.45, 7) is 0. The van der Waals surface area contributed by atoms with Crippen LogP contribution in [-0.4, -0.2) is 16.1 Å². The van der Waals surface area contributed by atoms with E-state index in [1.165, 1.54) is 0 Å². The first-order valence-electron chi connectivity index (χ1n) is 5.71. The van der Waals surface area contributed by atoms with E-state index in [1.807, 2.05) is 0 Å². The van der Waals surface area contributed by atoms with Crippen molar-refractivity contribution in [3.05, 3.63) is 58.2 Å². The van der Waals surface area contributed by atoms with Gasteiger partial charge in [-0.25, -0.2) is 0 Å². The van der Waals surface area contributed by atoms with E-state index in [9.17, 15) is 43.9 Å². The molecule has 0 N–H and O–H groups in total. The van der Waals surface area contributed by atoms with E-state index in [4.69, 9.17) is 0 Å². The fraction of sp³-hybridized carbons (Fsp3) is 0. The monoisotopic (exact) mass is 440 g/mol. The zero-order chi connectivity index (χ0) is 19.0. The standard InChI is InChI=1S/C12F10GeO2/c13-1-3(15)7(19)11(8(20)4(1)16)24-23-25-12-9(21)5(17)2(14)6(18)10(12)22. The van der Waals surface area contributed by atoms with Gasteiger partial charge in [-0.1, -0.05) is 0 Å². The van der Waals surface area contributed by atoms with Crippen LogP contribution in [0.2, 0.25) is 0 Å². The molecule has 13 heteroatoms. The van der Waals surface area contributed by atoms with Gasteiger partial charge in [0.2, 0.25) is 0 Å². The van der Waals surface area contributed by atoms with Gasteiger partial charge >= 0.3 is 137 Å². The third-order valence-corrected chi connectivity index (χ3v) is 3.83. The number of benzene rings is 2. The van der Waals surface area contributed by atoms with E-state index in [-0.39, 0.29) is 0 Å². The Morgan fingerprint density at radius 1 is 0.360 bits per heavy atom. The van der Waals surface area contributed by atoms with Gasteiger partial charge in [0, 0.05) is 0 Å². The van der Waals surface area contributed by atoms with E-state index in [2.05, 4.69) is 7.53 Å². The summed E-state index contributed by atoms with van der Waals surface area (Å²) < 4.78 is 139. The minimum absolute atomic E-state index is 1.82. The van der Waals surface area contributed by atoms with E-state index < -0.39 is 85.8 Å². The summed E-state index contributed by atoms with van der Waals surface area (Å²) in [5, 5.41) is 0. The average Bonchev–Trinajstić information content (AvgIpc) is 2.60. The molecule has 0 spiro atoms. The van der Waals surface area contributed by atoms with Crippen molar-refractivity contribution in [2.75, 3.05) is 0 Å². The molecule has 0 aromatic heterocycles. The van der Waals surface area contributed by atoms with Crippen molar-refractivity contribution in [3.8, 4) is 11.5 Å². The first-order chi connectivity index (χ1) is 11.6. The van der Waals surface area contributed by atoms with Gasteiger partial charge < -0.3 is 0 Å². The first kappa shape index (κ1) is 19.2. The van der Waals surface area contributed by atoms with Crippen LogP contribution >= 0.6 is 0 Å². The van der Waals surface area contributed by atoms with Crippen LogP contribution in [0.3, 0.4) is 0 Å². The third-order valence-electron chi connectivity index (χ3n) is 2.63. The minimum atomic E-state index is -2.89. The normalized spacial score (nSPS) is 11.0. The molecule has 2 rings (SSSR count). The fourth-order valence-electron chi connectivity index (χ4n) is 1.45. The summed E-state index contributed by atoms with van der Waals surface area (Å²) in [7, 11) is 0. The van der Waals surface area contributed by atoms with Gasteiger partial charge in [-0.15, -0.1) is 0 Å². The van der Waals surface area contributed by atoms with Crippen LogP contribution in [0.25, 0.3) is 0 Å². The van der Waals surface area contributed by atoms with Crippen LogP contribution in [0, 0.1) is 58.2 Å². The fourth-order valence-corrected chi connectivity index (χ4v) is 2.64. The molecule has 0 aliphatic heterocycles. The van der Waals surface area contributed by atoms with Gasteiger partial charge in [0.1, 0.15) is 0 Å². The molecule has 0 aliphatic carbocycles. The van der Waals surface area contributed by atoms with Crippen LogP contribution in [0.4, 0.5) is 43.9 Å². The van der Waals surface area contributed by atoms with Gasteiger partial charge in [-0.3, -0.25) is 0 Å². The summed E-state index contributed by atoms with van der Waals surface area (Å²) in [5.74, 6) is -27.7. The summed E-state index contributed by atoms with van der Waals surface area (Å²) in [6.07, 6.45) is 0. The summed E-state index contributed by atoms with van der Waals surface area (Å²) in [6, 6.07) is 0. The molecule has 0 atom stereocenters. The van der Waals surface area contributed by atoms with E-state index in [0.717, 1.165) is 0 Å². The first-order valence-corrected chi connectivity index (χ1v) is 7.42. The maximum atomic E-state index is 13.3. The number of rotatable bonds is 4. The number of hydrogen-bond acceptors (Lipinski definition) is 2. The molecule has 2 radical (unpaired) electrons. The molecule has 2 aromatic rings. The topological polar surface area (TPSA) is 18.5 Å². The maximum absolute atomic E-state index is 13.3. The Kier molecular flexibility index (Phi) is 5.39. The van der Waals surface area contributed by atoms with Crippen molar-refractivity contribution in [1.82, 2.24) is 0 Å². The molecule has 134 valence electrons. The van der Waals surface area contributed by atoms with Gasteiger partial charge in [0.05, 0.1) is 0 Å². The van der Waals surface area contributed by atoms with Crippen LogP contribution in [0.1, 0.15) is 0 Å². The second-order valence-electron chi connectivity index (χ2n) is 4.09. The Labute approximate surface area is 138 Å². The van der Waals surface area contributed by atoms with Crippen LogP contribution in [-0.2, 0) is 0 Å². The van der Waals surface area contributed by atoms with Gasteiger partial charge in [-0.05, 0) is 0 Å². The molecular formula is C12F10GeO2. The molecule has 0 amide bonds. The molecule has 0 saturated heterocycles. The Morgan fingerprint density at radius 3 is 0.800 bits per heavy atom. The number of halogens is 10. The summed E-state index contributed by atoms with van der Waals surface area (Å²) >= 11 is -2.89. The molecule has 0 saturated carbocycles. The van der Waals surface area contributed by atoms with Crippen molar-refractivity contribution in [3.63, 3.8) is 0 Å². The molecule has 25 heavy (non-hydrogen) atoms. The van der Waals surface area contributed by atoms with Crippen molar-refractivity contribution in [2.24, 2.45) is 0 Å². The quantitative estimate of drug-likeness (QED) is 0.310. The predicted molar refractivity (Wildman–Crippen MR) is 59.5 cm³/mol. The average molecular weight is 439 g/mol. The molecular weight excluding hydrogens is 439 g/mol. The Bertz CT molecular complexity index is 729. The van der Waals surface area contributed by atoms with Crippen LogP contribution < -0.4 is 7.53 Å². The SMILES string of the molecule is Fc1c(F)c(F)c([O][Ge][O]c2c(F)c(F)c(F)c(F)c2F)c(F)c1F. The predicted octanol–water partition coefficient (Wildman–Crippen LogP) is 4.07. The van der Waals surface area contributed by atoms with Crippen molar-refractivity contribution in [1.29, 1.82) is 0 Å². The molecule has 0 heterocycles. The zero-order valence-electron chi connectivity index (χ0n) is 11.1. The Hall–Kier alpha value is -2.12. The second-order valence-corrected chi connectivity index (χ2v) is 5.29. The molecule has 0 unspecified atom stereocenters. The van der Waals surface area contributed by atoms with Crippen molar-refractivity contribution in [2.45, 2.75) is 0 Å². The Morgan fingerprint density at radius 2 is 0.560 bits per heavy atom. The van der Waals surface area contributed by atoms with Crippen LogP contribution in [0.5, 0.6) is 11.5 Å². The Balaban J connectivity index is 2.29. The van der Waals surface area contributed by atoms with Gasteiger partial charge in [0.25, 0.3) is 0 Å². The second kappa shape index (κ2) is 7.02. The van der Waals surface area contributed by atoms with E-state index in [1.54, 1.807) is 0 Å². The van der Waals surface area contributed by atoms with Crippen LogP contribution in [0.15, 0.2) is 0 Å². The van der Waals surface area contributed by atoms with E-state index >= 15 is 0 Å². The number of hydrogen-bond donors (Lipinski definition) is 0. The molecule has 0 aliphatic rings. The van der Waals surface area contributed by atoms with Crippen molar-refractivity contribution < 1.29 is 51.4 Å². The molecule has 0 fully saturated rings. The third kappa shape index (κ3) is 3.21. The van der Waals surface area contributed by atoms with Crippen molar-refractivity contribution >= 4 is 16.1 Å². The van der Waals surface area contributed by atoms with Gasteiger partial charge in [-0.2, -0.15) is 0 Å². The van der Waals surface area contributed by atoms with Gasteiger partial charge in [0.15, 0.2) is 0 Å². The zero-order valence-corrected chi connectivity index (χ0v) is 13.2. The molecule has 2 nitrogen and oxygen atoms in total. The molecule has 2 aromatic carbocycles. The summed E-state index contributed by atoms with van der Waals surface area (Å²) in [4.78, 5) is 0.